The van der Waals surface area contributed by atoms with Crippen LogP contribution in [0, 0.1) is 0 Å². The van der Waals surface area contributed by atoms with E-state index in [1.807, 2.05) is 42.5 Å². The fourth-order valence-electron chi connectivity index (χ4n) is 3.87. The van der Waals surface area contributed by atoms with Gasteiger partial charge in [-0.25, -0.2) is 4.99 Å². The Labute approximate surface area is 202 Å². The lowest BCUT2D eigenvalue weighted by atomic mass is 10.0. The average Bonchev–Trinajstić information content (AvgIpc) is 3.30. The van der Waals surface area contributed by atoms with Crippen molar-refractivity contribution in [3.05, 3.63) is 58.1 Å². The molecule has 4 rings (SSSR count). The largest absolute Gasteiger partial charge is 0.494 e. The van der Waals surface area contributed by atoms with Crippen molar-refractivity contribution in [2.24, 2.45) is 10.1 Å². The minimum Gasteiger partial charge on any atom is -0.494 e. The highest BCUT2D eigenvalue weighted by Gasteiger charge is 2.29. The Morgan fingerprint density at radius 3 is 2.70 bits per heavy atom. The summed E-state index contributed by atoms with van der Waals surface area (Å²) in [7, 11) is 6.33. The van der Waals surface area contributed by atoms with E-state index in [9.17, 15) is 5.11 Å². The molecule has 7 nitrogen and oxygen atoms in total. The van der Waals surface area contributed by atoms with Crippen LogP contribution in [0.5, 0.6) is 5.88 Å². The summed E-state index contributed by atoms with van der Waals surface area (Å²) in [5, 5.41) is 16.1. The summed E-state index contributed by atoms with van der Waals surface area (Å²) >= 11 is 3.52. The van der Waals surface area contributed by atoms with E-state index in [4.69, 9.17) is 9.83 Å². The molecular formula is C25H30BrN5O2. The number of benzene rings is 2. The zero-order chi connectivity index (χ0) is 23.4. The van der Waals surface area contributed by atoms with Crippen molar-refractivity contribution in [1.29, 1.82) is 0 Å². The number of fused-ring (bicyclic) bond motifs is 2. The number of H-pyrrole nitrogens is 1. The zero-order valence-corrected chi connectivity index (χ0v) is 20.9. The van der Waals surface area contributed by atoms with Crippen LogP contribution in [0.25, 0.3) is 10.9 Å². The molecule has 0 saturated carbocycles. The first kappa shape index (κ1) is 23.5. The molecular weight excluding hydrogens is 482 g/mol. The second-order valence-electron chi connectivity index (χ2n) is 8.60. The molecule has 0 saturated heterocycles. The van der Waals surface area contributed by atoms with E-state index in [1.165, 1.54) is 0 Å². The maximum absolute atomic E-state index is 10.7. The van der Waals surface area contributed by atoms with E-state index in [-0.39, 0.29) is 5.88 Å². The third-order valence-electron chi connectivity index (χ3n) is 5.70. The molecule has 33 heavy (non-hydrogen) atoms. The number of hydrogen-bond acceptors (Lipinski definition) is 6. The second kappa shape index (κ2) is 10.5. The van der Waals surface area contributed by atoms with Crippen molar-refractivity contribution in [3.63, 3.8) is 0 Å². The number of hydrogen-bond donors (Lipinski definition) is 2. The predicted molar refractivity (Wildman–Crippen MR) is 138 cm³/mol. The monoisotopic (exact) mass is 511 g/mol. The number of rotatable bonds is 10. The van der Waals surface area contributed by atoms with Gasteiger partial charge in [-0.05, 0) is 64.8 Å². The summed E-state index contributed by atoms with van der Waals surface area (Å²) in [4.78, 5) is 18.1. The van der Waals surface area contributed by atoms with Gasteiger partial charge in [0, 0.05) is 34.0 Å². The van der Waals surface area contributed by atoms with Crippen molar-refractivity contribution in [2.45, 2.75) is 12.8 Å². The molecule has 0 aliphatic carbocycles. The van der Waals surface area contributed by atoms with E-state index in [2.05, 4.69) is 57.0 Å². The van der Waals surface area contributed by atoms with Crippen LogP contribution in [0.4, 0.5) is 5.69 Å². The van der Waals surface area contributed by atoms with E-state index < -0.39 is 0 Å². The van der Waals surface area contributed by atoms with Crippen LogP contribution >= 0.6 is 15.9 Å². The summed E-state index contributed by atoms with van der Waals surface area (Å²) in [6.45, 7) is 3.67. The van der Waals surface area contributed by atoms with Gasteiger partial charge in [-0.3, -0.25) is 0 Å². The number of aliphatic imine (C=N–C) groups is 1. The third kappa shape index (κ3) is 5.46. The number of unbranched alkanes of at least 4 members (excludes halogenated alkanes) is 1. The van der Waals surface area contributed by atoms with Gasteiger partial charge in [0.1, 0.15) is 18.0 Å². The van der Waals surface area contributed by atoms with Crippen LogP contribution in [-0.2, 0) is 4.84 Å². The lowest BCUT2D eigenvalue weighted by Gasteiger charge is -2.18. The highest BCUT2D eigenvalue weighted by Crippen LogP contribution is 2.36. The summed E-state index contributed by atoms with van der Waals surface area (Å²) in [5.74, 6) is 0.0723. The molecule has 0 amide bonds. The topological polar surface area (TPSA) is 76.5 Å². The molecule has 0 unspecified atom stereocenters. The molecule has 174 valence electrons. The van der Waals surface area contributed by atoms with Crippen LogP contribution in [0.1, 0.15) is 24.0 Å². The molecule has 0 spiro atoms. The molecule has 1 aliphatic rings. The molecule has 0 bridgehead atoms. The number of nitrogens with one attached hydrogen (secondary N) is 1. The van der Waals surface area contributed by atoms with Gasteiger partial charge in [0.25, 0.3) is 0 Å². The van der Waals surface area contributed by atoms with Crippen molar-refractivity contribution in [2.75, 3.05) is 47.4 Å². The van der Waals surface area contributed by atoms with Crippen molar-refractivity contribution < 1.29 is 9.94 Å². The van der Waals surface area contributed by atoms with E-state index in [0.717, 1.165) is 59.1 Å². The Morgan fingerprint density at radius 2 is 1.88 bits per heavy atom. The van der Waals surface area contributed by atoms with Crippen LogP contribution in [0.15, 0.2) is 57.1 Å². The summed E-state index contributed by atoms with van der Waals surface area (Å²) < 4.78 is 0.927. The number of halogens is 1. The van der Waals surface area contributed by atoms with Gasteiger partial charge in [0.05, 0.1) is 11.3 Å². The van der Waals surface area contributed by atoms with Gasteiger partial charge in [0.2, 0.25) is 0 Å². The fraction of sp³-hybridized carbons (Fsp3) is 0.360. The smallest absolute Gasteiger partial charge is 0.199 e. The van der Waals surface area contributed by atoms with Gasteiger partial charge in [-0.15, -0.1) is 0 Å². The van der Waals surface area contributed by atoms with E-state index in [0.29, 0.717) is 23.6 Å². The second-order valence-corrected chi connectivity index (χ2v) is 9.52. The van der Waals surface area contributed by atoms with Crippen LogP contribution in [0.3, 0.4) is 0 Å². The molecule has 8 heteroatoms. The number of oxime groups is 1. The molecule has 1 aromatic heterocycles. The van der Waals surface area contributed by atoms with Crippen molar-refractivity contribution in [3.8, 4) is 5.88 Å². The quantitative estimate of drug-likeness (QED) is 0.303. The molecule has 2 aromatic carbocycles. The predicted octanol–water partition coefficient (Wildman–Crippen LogP) is 4.76. The Bertz CT molecular complexity index is 1180. The number of aromatic amines is 1. The minimum absolute atomic E-state index is 0.0723. The lowest BCUT2D eigenvalue weighted by molar-refractivity contribution is 0.137. The Balaban J connectivity index is 1.48. The maximum Gasteiger partial charge on any atom is 0.199 e. The van der Waals surface area contributed by atoms with Crippen molar-refractivity contribution in [1.82, 2.24) is 14.8 Å². The molecule has 2 N–H and O–H groups in total. The Hall–Kier alpha value is -2.68. The van der Waals surface area contributed by atoms with Crippen LogP contribution in [-0.4, -0.2) is 78.7 Å². The van der Waals surface area contributed by atoms with Crippen LogP contribution in [0.2, 0.25) is 0 Å². The molecule has 0 atom stereocenters. The number of para-hydroxylation sites is 1. The van der Waals surface area contributed by atoms with E-state index in [1.54, 1.807) is 0 Å². The summed E-state index contributed by atoms with van der Waals surface area (Å²) in [6, 6.07) is 13.7. The highest BCUT2D eigenvalue weighted by atomic mass is 79.9. The summed E-state index contributed by atoms with van der Waals surface area (Å²) in [6.07, 6.45) is 1.96. The number of aromatic hydroxyl groups is 1. The molecule has 3 aromatic rings. The van der Waals surface area contributed by atoms with Gasteiger partial charge in [-0.2, -0.15) is 0 Å². The third-order valence-corrected chi connectivity index (χ3v) is 6.20. The SMILES string of the molecule is CN(C)CCN(C)CCCCO/N=C1/C(c2c(O)[nH]c3ccc(Br)cc23)=Nc2ccccc21. The maximum atomic E-state index is 10.7. The van der Waals surface area contributed by atoms with Gasteiger partial charge in [0.15, 0.2) is 5.88 Å². The molecule has 0 fully saturated rings. The van der Waals surface area contributed by atoms with E-state index >= 15 is 0 Å². The van der Waals surface area contributed by atoms with Gasteiger partial charge < -0.3 is 24.7 Å². The molecule has 0 radical (unpaired) electrons. The Kier molecular flexibility index (Phi) is 7.47. The molecule has 2 heterocycles. The van der Waals surface area contributed by atoms with Gasteiger partial charge >= 0.3 is 0 Å². The molecule has 1 aliphatic heterocycles. The first-order valence-corrected chi connectivity index (χ1v) is 12.0. The fourth-order valence-corrected chi connectivity index (χ4v) is 4.23. The normalized spacial score (nSPS) is 14.5. The van der Waals surface area contributed by atoms with Crippen LogP contribution < -0.4 is 0 Å². The van der Waals surface area contributed by atoms with Crippen molar-refractivity contribution >= 4 is 43.9 Å². The number of nitrogens with zero attached hydrogens (tertiary/aromatic N) is 4. The minimum atomic E-state index is 0.0723. The zero-order valence-electron chi connectivity index (χ0n) is 19.3. The first-order valence-electron chi connectivity index (χ1n) is 11.2. The first-order chi connectivity index (χ1) is 15.9. The highest BCUT2D eigenvalue weighted by molar-refractivity contribution is 9.10. The average molecular weight is 512 g/mol. The summed E-state index contributed by atoms with van der Waals surface area (Å²) in [5.41, 5.74) is 4.45. The Morgan fingerprint density at radius 1 is 1.06 bits per heavy atom. The standard InChI is InChI=1S/C25H30BrN5O2/c1-30(2)13-14-31(3)12-6-7-15-33-29-23-18-8-4-5-9-20(18)27-24(23)22-19-16-17(26)10-11-21(19)28-25(22)32/h4-5,8-11,16,28,32H,6-7,12-15H2,1-3H3/b29-23+. The van der Waals surface area contributed by atoms with Gasteiger partial charge in [-0.1, -0.05) is 39.3 Å². The lowest BCUT2D eigenvalue weighted by Crippen LogP contribution is -2.29. The number of likely N-dealkylation sites (N-methyl/N-ethyl adjacent to an activating group) is 2. The number of aromatic nitrogens is 1.